The van der Waals surface area contributed by atoms with Crippen molar-refractivity contribution in [3.63, 3.8) is 0 Å². The molecule has 1 heterocycles. The largest absolute Gasteiger partial charge is 0.457 e. The number of rotatable bonds is 4. The van der Waals surface area contributed by atoms with Crippen LogP contribution in [-0.2, 0) is 4.74 Å². The molecule has 0 spiro atoms. The van der Waals surface area contributed by atoms with Crippen LogP contribution in [-0.4, -0.2) is 11.8 Å². The minimum Gasteiger partial charge on any atom is -0.457 e. The van der Waals surface area contributed by atoms with E-state index in [1.807, 2.05) is 6.07 Å². The Labute approximate surface area is 110 Å². The smallest absolute Gasteiger partial charge is 0.379 e. The molecule has 0 fully saturated rings. The molecule has 0 N–H and O–H groups in total. The van der Waals surface area contributed by atoms with Crippen LogP contribution in [0.4, 0.5) is 0 Å². The van der Waals surface area contributed by atoms with Gasteiger partial charge >= 0.3 is 5.97 Å². The Hall–Kier alpha value is -2.62. The van der Waals surface area contributed by atoms with E-state index in [-0.39, 0.29) is 17.3 Å². The average molecular weight is 256 g/mol. The van der Waals surface area contributed by atoms with Crippen molar-refractivity contribution in [1.82, 2.24) is 0 Å². The molecule has 0 aliphatic carbocycles. The summed E-state index contributed by atoms with van der Waals surface area (Å²) in [6.45, 7) is 1.54. The lowest BCUT2D eigenvalue weighted by Gasteiger charge is -2.02. The van der Waals surface area contributed by atoms with Crippen molar-refractivity contribution in [3.05, 3.63) is 71.9 Å². The summed E-state index contributed by atoms with van der Waals surface area (Å²) < 4.78 is 9.89. The van der Waals surface area contributed by atoms with Gasteiger partial charge in [-0.05, 0) is 19.1 Å². The highest BCUT2D eigenvalue weighted by molar-refractivity contribution is 6.04. The molecule has 0 bridgehead atoms. The number of carbonyl (C=O) groups is 2. The summed E-state index contributed by atoms with van der Waals surface area (Å²) in [6, 6.07) is 11.8. The van der Waals surface area contributed by atoms with Crippen LogP contribution < -0.4 is 0 Å². The summed E-state index contributed by atoms with van der Waals surface area (Å²) in [5, 5.41) is 0. The molecule has 4 heteroatoms. The number of hydrogen-bond acceptors (Lipinski definition) is 4. The van der Waals surface area contributed by atoms with Crippen LogP contribution in [0.5, 0.6) is 0 Å². The van der Waals surface area contributed by atoms with Gasteiger partial charge in [-0.25, -0.2) is 4.79 Å². The van der Waals surface area contributed by atoms with Crippen molar-refractivity contribution in [1.29, 1.82) is 0 Å². The molecule has 96 valence electrons. The van der Waals surface area contributed by atoms with Gasteiger partial charge in [0.1, 0.15) is 5.76 Å². The molecule has 4 nitrogen and oxygen atoms in total. The molecule has 0 atom stereocenters. The lowest BCUT2D eigenvalue weighted by atomic mass is 10.1. The van der Waals surface area contributed by atoms with Gasteiger partial charge in [0.05, 0.1) is 6.26 Å². The second-order valence-corrected chi connectivity index (χ2v) is 3.85. The van der Waals surface area contributed by atoms with E-state index in [4.69, 9.17) is 9.15 Å². The molecule has 2 aromatic rings. The maximum absolute atomic E-state index is 11.8. The maximum Gasteiger partial charge on any atom is 0.379 e. The molecule has 0 saturated carbocycles. The lowest BCUT2D eigenvalue weighted by Crippen LogP contribution is -2.04. The molecular formula is C15H12O4. The first-order valence-corrected chi connectivity index (χ1v) is 5.70. The zero-order valence-electron chi connectivity index (χ0n) is 10.3. The molecule has 0 amide bonds. The number of benzene rings is 1. The van der Waals surface area contributed by atoms with Crippen molar-refractivity contribution in [3.8, 4) is 0 Å². The Morgan fingerprint density at radius 2 is 1.84 bits per heavy atom. The van der Waals surface area contributed by atoms with Gasteiger partial charge in [-0.2, -0.15) is 0 Å². The zero-order valence-corrected chi connectivity index (χ0v) is 10.3. The lowest BCUT2D eigenvalue weighted by molar-refractivity contribution is 0.0590. The first-order chi connectivity index (χ1) is 9.16. The van der Waals surface area contributed by atoms with E-state index in [9.17, 15) is 9.59 Å². The van der Waals surface area contributed by atoms with Gasteiger partial charge < -0.3 is 9.15 Å². The van der Waals surface area contributed by atoms with Crippen LogP contribution in [0.1, 0.15) is 27.8 Å². The van der Waals surface area contributed by atoms with E-state index in [2.05, 4.69) is 0 Å². The van der Waals surface area contributed by atoms with Gasteiger partial charge in [-0.3, -0.25) is 4.79 Å². The molecule has 0 aliphatic heterocycles. The van der Waals surface area contributed by atoms with Gasteiger partial charge in [-0.1, -0.05) is 30.3 Å². The molecule has 2 rings (SSSR count). The van der Waals surface area contributed by atoms with Crippen LogP contribution in [0.2, 0.25) is 0 Å². The second kappa shape index (κ2) is 5.82. The van der Waals surface area contributed by atoms with E-state index in [0.29, 0.717) is 5.56 Å². The van der Waals surface area contributed by atoms with Crippen molar-refractivity contribution in [2.45, 2.75) is 6.92 Å². The maximum atomic E-state index is 11.8. The van der Waals surface area contributed by atoms with Gasteiger partial charge in [0, 0.05) is 11.6 Å². The normalized spacial score (nSPS) is 11.1. The Morgan fingerprint density at radius 1 is 1.11 bits per heavy atom. The predicted octanol–water partition coefficient (Wildman–Crippen LogP) is 3.22. The summed E-state index contributed by atoms with van der Waals surface area (Å²) in [4.78, 5) is 23.4. The van der Waals surface area contributed by atoms with Gasteiger partial charge in [0.15, 0.2) is 5.78 Å². The minimum atomic E-state index is -0.625. The monoisotopic (exact) mass is 256 g/mol. The third-order valence-electron chi connectivity index (χ3n) is 2.37. The van der Waals surface area contributed by atoms with E-state index in [0.717, 1.165) is 0 Å². The topological polar surface area (TPSA) is 56.5 Å². The average Bonchev–Trinajstić information content (AvgIpc) is 2.93. The molecule has 0 saturated heterocycles. The van der Waals surface area contributed by atoms with Gasteiger partial charge in [0.2, 0.25) is 5.76 Å². The molecule has 0 unspecified atom stereocenters. The second-order valence-electron chi connectivity index (χ2n) is 3.85. The highest BCUT2D eigenvalue weighted by Crippen LogP contribution is 2.08. The molecule has 1 aromatic carbocycles. The van der Waals surface area contributed by atoms with E-state index < -0.39 is 5.97 Å². The third-order valence-corrected chi connectivity index (χ3v) is 2.37. The van der Waals surface area contributed by atoms with Crippen LogP contribution in [0.3, 0.4) is 0 Å². The number of ketones is 1. The zero-order chi connectivity index (χ0) is 13.7. The fraction of sp³-hybridized carbons (Fsp3) is 0.0667. The van der Waals surface area contributed by atoms with Gasteiger partial charge in [0.25, 0.3) is 0 Å². The Kier molecular flexibility index (Phi) is 3.93. The molecule has 0 radical (unpaired) electrons. The number of carbonyl (C=O) groups excluding carboxylic acids is 2. The number of hydrogen-bond donors (Lipinski definition) is 0. The van der Waals surface area contributed by atoms with Gasteiger partial charge in [-0.15, -0.1) is 0 Å². The Bertz CT molecular complexity index is 594. The summed E-state index contributed by atoms with van der Waals surface area (Å²) in [6.07, 6.45) is 2.65. The van der Waals surface area contributed by atoms with Crippen LogP contribution >= 0.6 is 0 Å². The van der Waals surface area contributed by atoms with E-state index in [1.165, 1.54) is 18.4 Å². The Morgan fingerprint density at radius 3 is 2.47 bits per heavy atom. The van der Waals surface area contributed by atoms with E-state index >= 15 is 0 Å². The molecular weight excluding hydrogens is 244 g/mol. The Balaban J connectivity index is 2.04. The van der Waals surface area contributed by atoms with Crippen LogP contribution in [0, 0.1) is 0 Å². The van der Waals surface area contributed by atoms with E-state index in [1.54, 1.807) is 37.3 Å². The molecule has 0 aliphatic rings. The summed E-state index contributed by atoms with van der Waals surface area (Å²) in [5.74, 6) is -0.528. The van der Waals surface area contributed by atoms with Crippen LogP contribution in [0.15, 0.2) is 65.0 Å². The fourth-order valence-corrected chi connectivity index (χ4v) is 1.49. The first kappa shape index (κ1) is 12.8. The number of esters is 1. The fourth-order valence-electron chi connectivity index (χ4n) is 1.49. The SMILES string of the molecule is C/C(=C\C(=O)c1ccccc1)OC(=O)c1ccco1. The number of furan rings is 1. The number of ether oxygens (including phenoxy) is 1. The minimum absolute atomic E-state index is 0.0971. The van der Waals surface area contributed by atoms with Crippen molar-refractivity contribution in [2.24, 2.45) is 0 Å². The standard InChI is InChI=1S/C15H12O4/c1-11(19-15(17)14-8-5-9-18-14)10-13(16)12-6-3-2-4-7-12/h2-10H,1H3/b11-10+. The summed E-state index contributed by atoms with van der Waals surface area (Å²) in [5.41, 5.74) is 0.538. The highest BCUT2D eigenvalue weighted by Gasteiger charge is 2.11. The quantitative estimate of drug-likeness (QED) is 0.365. The van der Waals surface area contributed by atoms with Crippen LogP contribution in [0.25, 0.3) is 0 Å². The third kappa shape index (κ3) is 3.42. The summed E-state index contributed by atoms with van der Waals surface area (Å²) in [7, 11) is 0. The first-order valence-electron chi connectivity index (χ1n) is 5.70. The summed E-state index contributed by atoms with van der Waals surface area (Å²) >= 11 is 0. The highest BCUT2D eigenvalue weighted by atomic mass is 16.5. The number of allylic oxidation sites excluding steroid dienone is 2. The molecule has 1 aromatic heterocycles. The van der Waals surface area contributed by atoms with Crippen molar-refractivity contribution < 1.29 is 18.7 Å². The van der Waals surface area contributed by atoms with Crippen molar-refractivity contribution in [2.75, 3.05) is 0 Å². The molecule has 19 heavy (non-hydrogen) atoms. The van der Waals surface area contributed by atoms with Crippen molar-refractivity contribution >= 4 is 11.8 Å². The predicted molar refractivity (Wildman–Crippen MR) is 68.7 cm³/mol.